The molecule has 1 unspecified atom stereocenters. The number of sulfonamides is 1. The average Bonchev–Trinajstić information content (AvgIpc) is 2.79. The van der Waals surface area contributed by atoms with Crippen molar-refractivity contribution in [3.63, 3.8) is 0 Å². The number of aromatic nitrogens is 1. The summed E-state index contributed by atoms with van der Waals surface area (Å²) >= 11 is 2.04. The number of hydrogen-bond donors (Lipinski definition) is 2. The topological polar surface area (TPSA) is 112 Å². The Morgan fingerprint density at radius 1 is 1.12 bits per heavy atom. The van der Waals surface area contributed by atoms with E-state index in [-0.39, 0.29) is 17.3 Å². The highest BCUT2D eigenvalue weighted by molar-refractivity contribution is 14.1. The summed E-state index contributed by atoms with van der Waals surface area (Å²) in [7, 11) is -4.08. The number of pyridine rings is 1. The molecule has 0 bridgehead atoms. The lowest BCUT2D eigenvalue weighted by Gasteiger charge is -2.20. The maximum absolute atomic E-state index is 14.5. The quantitative estimate of drug-likeness (QED) is 0.357. The molecule has 0 radical (unpaired) electrons. The Hall–Kier alpha value is -3.04. The van der Waals surface area contributed by atoms with Crippen LogP contribution >= 0.6 is 22.6 Å². The van der Waals surface area contributed by atoms with E-state index in [0.29, 0.717) is 22.3 Å². The predicted octanol–water partition coefficient (Wildman–Crippen LogP) is 5.70. The summed E-state index contributed by atoms with van der Waals surface area (Å²) in [5, 5.41) is 10.8. The third-order valence-corrected chi connectivity index (χ3v) is 7.86. The molecule has 2 aromatic carbocycles. The van der Waals surface area contributed by atoms with Gasteiger partial charge in [-0.25, -0.2) is 27.3 Å². The van der Waals surface area contributed by atoms with Gasteiger partial charge in [0, 0.05) is 15.3 Å². The van der Waals surface area contributed by atoms with Gasteiger partial charge >= 0.3 is 6.03 Å². The number of carbonyl (C=O) groups excluding carboxylic acids is 1. The second-order valence-corrected chi connectivity index (χ2v) is 11.0. The Morgan fingerprint density at radius 2 is 1.82 bits per heavy atom. The first-order valence-corrected chi connectivity index (χ1v) is 12.9. The van der Waals surface area contributed by atoms with Crippen molar-refractivity contribution < 1.29 is 17.6 Å². The summed E-state index contributed by atoms with van der Waals surface area (Å²) in [6.07, 6.45) is 1.41. The maximum Gasteiger partial charge on any atom is 0.332 e. The van der Waals surface area contributed by atoms with Gasteiger partial charge < -0.3 is 5.32 Å². The van der Waals surface area contributed by atoms with E-state index in [9.17, 15) is 22.9 Å². The Labute approximate surface area is 211 Å². The number of nitrogens with one attached hydrogen (secondary N) is 2. The molecule has 0 fully saturated rings. The summed E-state index contributed by atoms with van der Waals surface area (Å²) < 4.78 is 43.1. The molecular formula is C24H22FIN4O3S. The number of nitriles is 1. The zero-order chi connectivity index (χ0) is 25.0. The molecule has 1 aromatic heterocycles. The molecule has 0 aliphatic carbocycles. The molecule has 0 saturated carbocycles. The average molecular weight is 592 g/mol. The molecule has 7 nitrogen and oxygen atoms in total. The number of rotatable bonds is 6. The number of anilines is 1. The Balaban J connectivity index is 1.99. The number of nitrogens with zero attached hydrogens (tertiary/aromatic N) is 2. The van der Waals surface area contributed by atoms with Gasteiger partial charge in [-0.2, -0.15) is 5.26 Å². The second kappa shape index (κ2) is 10.5. The fourth-order valence-electron chi connectivity index (χ4n) is 3.44. The molecule has 176 valence electrons. The van der Waals surface area contributed by atoms with Crippen LogP contribution in [-0.4, -0.2) is 19.4 Å². The van der Waals surface area contributed by atoms with E-state index in [2.05, 4.69) is 15.0 Å². The molecule has 0 aliphatic heterocycles. The van der Waals surface area contributed by atoms with E-state index in [1.807, 2.05) is 42.5 Å². The minimum atomic E-state index is -4.08. The van der Waals surface area contributed by atoms with Gasteiger partial charge in [0.25, 0.3) is 0 Å². The first kappa shape index (κ1) is 25.6. The van der Waals surface area contributed by atoms with Crippen molar-refractivity contribution >= 4 is 44.3 Å². The van der Waals surface area contributed by atoms with Crippen LogP contribution in [0, 0.1) is 20.7 Å². The first-order chi connectivity index (χ1) is 16.0. The number of urea groups is 1. The van der Waals surface area contributed by atoms with Crippen molar-refractivity contribution in [1.82, 2.24) is 9.71 Å². The fraction of sp³-hybridized carbons (Fsp3) is 0.208. The van der Waals surface area contributed by atoms with Crippen molar-refractivity contribution in [1.29, 1.82) is 5.26 Å². The SMILES string of the molecule is CC(C)c1cc(F)cc(-c2ccnc(C#N)c2)c1NC(=O)NS(=O)(=O)C(C)c1ccccc1I. The van der Waals surface area contributed by atoms with E-state index >= 15 is 0 Å². The number of carbonyl (C=O) groups is 1. The molecule has 0 spiro atoms. The molecule has 3 aromatic rings. The van der Waals surface area contributed by atoms with E-state index in [4.69, 9.17) is 0 Å². The largest absolute Gasteiger partial charge is 0.332 e. The Kier molecular flexibility index (Phi) is 7.89. The van der Waals surface area contributed by atoms with Gasteiger partial charge in [-0.05, 0) is 82.5 Å². The highest BCUT2D eigenvalue weighted by Gasteiger charge is 2.27. The van der Waals surface area contributed by atoms with E-state index < -0.39 is 27.1 Å². The van der Waals surface area contributed by atoms with Crippen LogP contribution in [0.3, 0.4) is 0 Å². The standard InChI is InChI=1S/C24H22FIN4O3S/c1-14(2)20-11-17(25)12-21(16-8-9-28-18(10-16)13-27)23(20)29-24(31)30-34(32,33)15(3)19-6-4-5-7-22(19)26/h4-12,14-15H,1-3H3,(H2,29,30,31). The van der Waals surface area contributed by atoms with Crippen molar-refractivity contribution in [2.24, 2.45) is 0 Å². The van der Waals surface area contributed by atoms with Gasteiger partial charge in [0.1, 0.15) is 22.8 Å². The number of benzene rings is 2. The Bertz CT molecular complexity index is 1390. The molecular weight excluding hydrogens is 570 g/mol. The molecule has 0 aliphatic rings. The van der Waals surface area contributed by atoms with Crippen molar-refractivity contribution in [2.75, 3.05) is 5.32 Å². The predicted molar refractivity (Wildman–Crippen MR) is 137 cm³/mol. The zero-order valence-electron chi connectivity index (χ0n) is 18.6. The first-order valence-electron chi connectivity index (χ1n) is 10.3. The minimum absolute atomic E-state index is 0.122. The third-order valence-electron chi connectivity index (χ3n) is 5.22. The summed E-state index contributed by atoms with van der Waals surface area (Å²) in [5.74, 6) is -0.719. The molecule has 1 heterocycles. The van der Waals surface area contributed by atoms with Gasteiger partial charge in [-0.1, -0.05) is 32.0 Å². The summed E-state index contributed by atoms with van der Waals surface area (Å²) in [6, 6.07) is 13.5. The van der Waals surface area contributed by atoms with Crippen LogP contribution in [0.5, 0.6) is 0 Å². The lowest BCUT2D eigenvalue weighted by Crippen LogP contribution is -2.37. The normalized spacial score (nSPS) is 12.1. The number of amides is 2. The molecule has 1 atom stereocenters. The van der Waals surface area contributed by atoms with Crippen LogP contribution in [0.15, 0.2) is 54.7 Å². The van der Waals surface area contributed by atoms with E-state index in [1.54, 1.807) is 30.3 Å². The summed E-state index contributed by atoms with van der Waals surface area (Å²) in [6.45, 7) is 5.15. The molecule has 34 heavy (non-hydrogen) atoms. The van der Waals surface area contributed by atoms with Gasteiger partial charge in [0.15, 0.2) is 0 Å². The summed E-state index contributed by atoms with van der Waals surface area (Å²) in [4.78, 5) is 16.8. The fourth-order valence-corrected chi connectivity index (χ4v) is 5.53. The number of hydrogen-bond acceptors (Lipinski definition) is 5. The summed E-state index contributed by atoms with van der Waals surface area (Å²) in [5.41, 5.74) is 2.18. The number of halogens is 2. The minimum Gasteiger partial charge on any atom is -0.306 e. The van der Waals surface area contributed by atoms with Gasteiger partial charge in [-0.15, -0.1) is 0 Å². The Morgan fingerprint density at radius 3 is 2.47 bits per heavy atom. The van der Waals surface area contributed by atoms with Crippen LogP contribution in [-0.2, 0) is 10.0 Å². The van der Waals surface area contributed by atoms with Crippen molar-refractivity contribution in [3.8, 4) is 17.2 Å². The van der Waals surface area contributed by atoms with Gasteiger partial charge in [-0.3, -0.25) is 0 Å². The maximum atomic E-state index is 14.5. The molecule has 10 heteroatoms. The molecule has 2 N–H and O–H groups in total. The van der Waals surface area contributed by atoms with Crippen LogP contribution in [0.2, 0.25) is 0 Å². The van der Waals surface area contributed by atoms with E-state index in [1.165, 1.54) is 31.3 Å². The lowest BCUT2D eigenvalue weighted by atomic mass is 9.94. The monoisotopic (exact) mass is 592 g/mol. The van der Waals surface area contributed by atoms with E-state index in [0.717, 1.165) is 3.57 Å². The van der Waals surface area contributed by atoms with Crippen LogP contribution in [0.4, 0.5) is 14.9 Å². The third kappa shape index (κ3) is 5.71. The highest BCUT2D eigenvalue weighted by Crippen LogP contribution is 2.36. The van der Waals surface area contributed by atoms with Crippen LogP contribution in [0.25, 0.3) is 11.1 Å². The highest BCUT2D eigenvalue weighted by atomic mass is 127. The van der Waals surface area contributed by atoms with Gasteiger partial charge in [0.2, 0.25) is 10.0 Å². The van der Waals surface area contributed by atoms with Crippen LogP contribution in [0.1, 0.15) is 48.8 Å². The smallest absolute Gasteiger partial charge is 0.306 e. The second-order valence-electron chi connectivity index (χ2n) is 7.88. The van der Waals surface area contributed by atoms with Crippen LogP contribution < -0.4 is 10.0 Å². The van der Waals surface area contributed by atoms with Gasteiger partial charge in [0.05, 0.1) is 5.69 Å². The zero-order valence-corrected chi connectivity index (χ0v) is 21.6. The molecule has 3 rings (SSSR count). The van der Waals surface area contributed by atoms with Crippen molar-refractivity contribution in [3.05, 3.63) is 80.9 Å². The van der Waals surface area contributed by atoms with Crippen molar-refractivity contribution in [2.45, 2.75) is 31.9 Å². The lowest BCUT2D eigenvalue weighted by molar-refractivity contribution is 0.256. The molecule has 2 amide bonds. The molecule has 0 saturated heterocycles.